The molecular formula is C14H19N3O4. The lowest BCUT2D eigenvalue weighted by molar-refractivity contribution is -0.385. The van der Waals surface area contributed by atoms with Crippen molar-refractivity contribution in [1.29, 1.82) is 0 Å². The number of rotatable bonds is 5. The Morgan fingerprint density at radius 3 is 2.57 bits per heavy atom. The van der Waals surface area contributed by atoms with E-state index in [2.05, 4.69) is 4.98 Å². The fourth-order valence-electron chi connectivity index (χ4n) is 3.05. The maximum atomic E-state index is 11.2. The number of hydrogen-bond acceptors (Lipinski definition) is 5. The minimum absolute atomic E-state index is 0.0577. The molecule has 1 fully saturated rings. The molecule has 1 heterocycles. The number of aliphatic carboxylic acids is 1. The number of anilines is 1. The number of hydrogen-bond donors (Lipinski definition) is 1. The topological polar surface area (TPSA) is 96.6 Å². The van der Waals surface area contributed by atoms with Crippen molar-refractivity contribution in [2.45, 2.75) is 44.1 Å². The normalized spacial score (nSPS) is 17.2. The van der Waals surface area contributed by atoms with Crippen LogP contribution >= 0.6 is 0 Å². The first-order valence-electron chi connectivity index (χ1n) is 7.01. The van der Waals surface area contributed by atoms with E-state index in [0.717, 1.165) is 32.1 Å². The van der Waals surface area contributed by atoms with E-state index in [1.807, 2.05) is 11.9 Å². The van der Waals surface area contributed by atoms with E-state index < -0.39 is 16.4 Å². The smallest absolute Gasteiger partial charge is 0.305 e. The molecule has 21 heavy (non-hydrogen) atoms. The first-order valence-corrected chi connectivity index (χ1v) is 7.01. The first-order chi connectivity index (χ1) is 9.94. The van der Waals surface area contributed by atoms with Gasteiger partial charge in [0.15, 0.2) is 0 Å². The van der Waals surface area contributed by atoms with Crippen molar-refractivity contribution in [3.8, 4) is 0 Å². The number of carboxylic acids is 1. The van der Waals surface area contributed by atoms with Gasteiger partial charge in [-0.25, -0.2) is 4.98 Å². The predicted octanol–water partition coefficient (Wildman–Crippen LogP) is 2.60. The summed E-state index contributed by atoms with van der Waals surface area (Å²) in [6.07, 6.45) is 5.96. The van der Waals surface area contributed by atoms with Gasteiger partial charge in [-0.3, -0.25) is 14.9 Å². The third-order valence-corrected chi connectivity index (χ3v) is 4.26. The average molecular weight is 293 g/mol. The summed E-state index contributed by atoms with van der Waals surface area (Å²) < 4.78 is 0. The highest BCUT2D eigenvalue weighted by Crippen LogP contribution is 2.38. The zero-order chi connectivity index (χ0) is 15.5. The van der Waals surface area contributed by atoms with Crippen LogP contribution in [0.1, 0.15) is 38.5 Å². The van der Waals surface area contributed by atoms with Gasteiger partial charge in [-0.1, -0.05) is 19.3 Å². The fraction of sp³-hybridized carbons (Fsp3) is 0.571. The lowest BCUT2D eigenvalue weighted by Crippen LogP contribution is -2.50. The zero-order valence-electron chi connectivity index (χ0n) is 12.0. The van der Waals surface area contributed by atoms with Crippen molar-refractivity contribution in [3.05, 3.63) is 28.4 Å². The molecule has 1 aliphatic rings. The van der Waals surface area contributed by atoms with Crippen LogP contribution in [-0.2, 0) is 4.79 Å². The standard InChI is InChI=1S/C14H19N3O4/c1-16(12-6-5-11(10-15-12)17(20)21)14(9-13(18)19)7-3-2-4-8-14/h5-6,10H,2-4,7-9H2,1H3,(H,18,19). The summed E-state index contributed by atoms with van der Waals surface area (Å²) in [7, 11) is 1.82. The second kappa shape index (κ2) is 6.07. The van der Waals surface area contributed by atoms with Crippen LogP contribution in [0.25, 0.3) is 0 Å². The van der Waals surface area contributed by atoms with Crippen molar-refractivity contribution < 1.29 is 14.8 Å². The summed E-state index contributed by atoms with van der Waals surface area (Å²) in [5.74, 6) is -0.255. The summed E-state index contributed by atoms with van der Waals surface area (Å²) in [5, 5.41) is 19.9. The van der Waals surface area contributed by atoms with Gasteiger partial charge in [0, 0.05) is 13.1 Å². The number of aromatic nitrogens is 1. The van der Waals surface area contributed by atoms with E-state index in [-0.39, 0.29) is 12.1 Å². The molecule has 1 N–H and O–H groups in total. The SMILES string of the molecule is CN(c1ccc([N+](=O)[O-])cn1)C1(CC(=O)O)CCCCC1. The van der Waals surface area contributed by atoms with Crippen LogP contribution in [0.5, 0.6) is 0 Å². The van der Waals surface area contributed by atoms with Gasteiger partial charge < -0.3 is 10.0 Å². The molecule has 0 aromatic carbocycles. The molecule has 7 heteroatoms. The molecule has 0 bridgehead atoms. The van der Waals surface area contributed by atoms with E-state index in [1.165, 1.54) is 12.3 Å². The molecule has 1 aromatic heterocycles. The zero-order valence-corrected chi connectivity index (χ0v) is 12.0. The van der Waals surface area contributed by atoms with Crippen molar-refractivity contribution in [2.24, 2.45) is 0 Å². The molecule has 0 aliphatic heterocycles. The Labute approximate surface area is 122 Å². The number of nitro groups is 1. The van der Waals surface area contributed by atoms with E-state index in [1.54, 1.807) is 6.07 Å². The lowest BCUT2D eigenvalue weighted by Gasteiger charge is -2.44. The molecule has 1 aliphatic carbocycles. The molecule has 0 radical (unpaired) electrons. The molecule has 0 atom stereocenters. The average Bonchev–Trinajstić information content (AvgIpc) is 2.47. The highest BCUT2D eigenvalue weighted by molar-refractivity contribution is 5.69. The maximum absolute atomic E-state index is 11.2. The Morgan fingerprint density at radius 1 is 1.43 bits per heavy atom. The van der Waals surface area contributed by atoms with Gasteiger partial charge in [-0.2, -0.15) is 0 Å². The van der Waals surface area contributed by atoms with Crippen molar-refractivity contribution >= 4 is 17.5 Å². The van der Waals surface area contributed by atoms with Gasteiger partial charge in [-0.05, 0) is 18.9 Å². The summed E-state index contributed by atoms with van der Waals surface area (Å²) in [6.45, 7) is 0. The summed E-state index contributed by atoms with van der Waals surface area (Å²) in [6, 6.07) is 2.98. The summed E-state index contributed by atoms with van der Waals surface area (Å²) in [4.78, 5) is 27.4. The van der Waals surface area contributed by atoms with Gasteiger partial charge in [0.1, 0.15) is 12.0 Å². The monoisotopic (exact) mass is 293 g/mol. The summed E-state index contributed by atoms with van der Waals surface area (Å²) >= 11 is 0. The third kappa shape index (κ3) is 3.29. The van der Waals surface area contributed by atoms with Gasteiger partial charge in [0.25, 0.3) is 5.69 Å². The van der Waals surface area contributed by atoms with Crippen LogP contribution in [0.15, 0.2) is 18.3 Å². The van der Waals surface area contributed by atoms with Crippen molar-refractivity contribution in [2.75, 3.05) is 11.9 Å². The predicted molar refractivity (Wildman–Crippen MR) is 77.4 cm³/mol. The number of carboxylic acid groups (broad SMARTS) is 1. The second-order valence-electron chi connectivity index (χ2n) is 5.55. The van der Waals surface area contributed by atoms with Gasteiger partial charge in [0.05, 0.1) is 16.9 Å². The lowest BCUT2D eigenvalue weighted by atomic mass is 9.78. The van der Waals surface area contributed by atoms with Gasteiger partial charge >= 0.3 is 5.97 Å². The first kappa shape index (κ1) is 15.2. The Hall–Kier alpha value is -2.18. The van der Waals surface area contributed by atoms with E-state index in [9.17, 15) is 20.0 Å². The molecule has 0 amide bonds. The Kier molecular flexibility index (Phi) is 4.40. The Bertz CT molecular complexity index is 524. The Balaban J connectivity index is 2.26. The van der Waals surface area contributed by atoms with Crippen molar-refractivity contribution in [1.82, 2.24) is 4.98 Å². The largest absolute Gasteiger partial charge is 0.481 e. The maximum Gasteiger partial charge on any atom is 0.305 e. The second-order valence-corrected chi connectivity index (χ2v) is 5.55. The third-order valence-electron chi connectivity index (χ3n) is 4.26. The number of pyridine rings is 1. The summed E-state index contributed by atoms with van der Waals surface area (Å²) in [5.41, 5.74) is -0.518. The van der Waals surface area contributed by atoms with Crippen LogP contribution in [0, 0.1) is 10.1 Å². The van der Waals surface area contributed by atoms with E-state index in [0.29, 0.717) is 5.82 Å². The van der Waals surface area contributed by atoms with Crippen LogP contribution in [-0.4, -0.2) is 33.6 Å². The van der Waals surface area contributed by atoms with Crippen LogP contribution < -0.4 is 4.90 Å². The van der Waals surface area contributed by atoms with Crippen LogP contribution in [0.3, 0.4) is 0 Å². The highest BCUT2D eigenvalue weighted by Gasteiger charge is 2.38. The van der Waals surface area contributed by atoms with Gasteiger partial charge in [0.2, 0.25) is 0 Å². The molecule has 0 spiro atoms. The highest BCUT2D eigenvalue weighted by atomic mass is 16.6. The molecule has 7 nitrogen and oxygen atoms in total. The molecule has 1 saturated carbocycles. The van der Waals surface area contributed by atoms with E-state index >= 15 is 0 Å². The molecular weight excluding hydrogens is 274 g/mol. The molecule has 2 rings (SSSR count). The minimum atomic E-state index is -0.828. The van der Waals surface area contributed by atoms with Crippen LogP contribution in [0.4, 0.5) is 11.5 Å². The van der Waals surface area contributed by atoms with E-state index in [4.69, 9.17) is 0 Å². The quantitative estimate of drug-likeness (QED) is 0.662. The van der Waals surface area contributed by atoms with Crippen molar-refractivity contribution in [3.63, 3.8) is 0 Å². The molecule has 114 valence electrons. The molecule has 0 saturated heterocycles. The van der Waals surface area contributed by atoms with Gasteiger partial charge in [-0.15, -0.1) is 0 Å². The minimum Gasteiger partial charge on any atom is -0.481 e. The molecule has 1 aromatic rings. The number of carbonyl (C=O) groups is 1. The Morgan fingerprint density at radius 2 is 2.10 bits per heavy atom. The number of nitrogens with zero attached hydrogens (tertiary/aromatic N) is 3. The van der Waals surface area contributed by atoms with Crippen LogP contribution in [0.2, 0.25) is 0 Å². The molecule has 0 unspecified atom stereocenters. The fourth-order valence-corrected chi connectivity index (χ4v) is 3.05.